The van der Waals surface area contributed by atoms with Crippen LogP contribution in [0.4, 0.5) is 13.2 Å². The van der Waals surface area contributed by atoms with Crippen molar-refractivity contribution < 1.29 is 23.1 Å². The molecule has 108 valence electrons. The average molecular weight is 286 g/mol. The summed E-state index contributed by atoms with van der Waals surface area (Å²) in [6.07, 6.45) is -4.57. The molecule has 0 saturated heterocycles. The van der Waals surface area contributed by atoms with Gasteiger partial charge in [-0.2, -0.15) is 13.2 Å². The molecule has 0 spiro atoms. The number of benzene rings is 1. The first-order valence-electron chi connectivity index (χ1n) is 5.79. The standard InChI is InChI=1S/C13H13F3N2O2/c1-6-9(11(17)12(19)20)10-7(13(14,15)16)4-3-5-8(10)18(6)2/h3-5,11H,17H2,1-2H3,(H,19,20). The lowest BCUT2D eigenvalue weighted by Crippen LogP contribution is -2.22. The van der Waals surface area contributed by atoms with Crippen LogP contribution in [-0.2, 0) is 18.0 Å². The maximum absolute atomic E-state index is 13.1. The van der Waals surface area contributed by atoms with Gasteiger partial charge in [-0.05, 0) is 19.1 Å². The Morgan fingerprint density at radius 2 is 2.00 bits per heavy atom. The number of carboxylic acids is 1. The molecule has 2 aromatic rings. The SMILES string of the molecule is Cc1c(C(N)C(=O)O)c2c(C(F)(F)F)cccc2n1C. The van der Waals surface area contributed by atoms with Crippen LogP contribution in [0.15, 0.2) is 18.2 Å². The van der Waals surface area contributed by atoms with Gasteiger partial charge in [-0.3, -0.25) is 4.79 Å². The van der Waals surface area contributed by atoms with Crippen LogP contribution in [0, 0.1) is 6.92 Å². The van der Waals surface area contributed by atoms with Crippen LogP contribution in [0.25, 0.3) is 10.9 Å². The Labute approximate surface area is 112 Å². The van der Waals surface area contributed by atoms with E-state index in [-0.39, 0.29) is 10.9 Å². The zero-order valence-electron chi connectivity index (χ0n) is 10.8. The molecule has 0 fully saturated rings. The van der Waals surface area contributed by atoms with Crippen LogP contribution in [-0.4, -0.2) is 15.6 Å². The molecule has 0 aliphatic heterocycles. The van der Waals surface area contributed by atoms with Crippen molar-refractivity contribution in [3.63, 3.8) is 0 Å². The van der Waals surface area contributed by atoms with Gasteiger partial charge in [0.2, 0.25) is 0 Å². The number of hydrogen-bond donors (Lipinski definition) is 2. The van der Waals surface area contributed by atoms with E-state index >= 15 is 0 Å². The largest absolute Gasteiger partial charge is 0.480 e. The van der Waals surface area contributed by atoms with Crippen LogP contribution in [0.5, 0.6) is 0 Å². The first-order valence-corrected chi connectivity index (χ1v) is 5.79. The van der Waals surface area contributed by atoms with E-state index in [2.05, 4.69) is 0 Å². The van der Waals surface area contributed by atoms with E-state index in [1.165, 1.54) is 16.7 Å². The van der Waals surface area contributed by atoms with Crippen molar-refractivity contribution in [1.82, 2.24) is 4.57 Å². The number of aryl methyl sites for hydroxylation is 1. The maximum atomic E-state index is 13.1. The van der Waals surface area contributed by atoms with E-state index in [0.717, 1.165) is 6.07 Å². The van der Waals surface area contributed by atoms with Crippen molar-refractivity contribution in [3.8, 4) is 0 Å². The molecule has 0 aliphatic rings. The molecule has 7 heteroatoms. The maximum Gasteiger partial charge on any atom is 0.417 e. The highest BCUT2D eigenvalue weighted by molar-refractivity contribution is 5.93. The summed E-state index contributed by atoms with van der Waals surface area (Å²) in [5.74, 6) is -1.36. The third-order valence-electron chi connectivity index (χ3n) is 3.45. The van der Waals surface area contributed by atoms with Crippen LogP contribution >= 0.6 is 0 Å². The summed E-state index contributed by atoms with van der Waals surface area (Å²) in [4.78, 5) is 11.1. The van der Waals surface area contributed by atoms with Gasteiger partial charge in [0.25, 0.3) is 0 Å². The molecule has 0 amide bonds. The molecule has 1 aromatic carbocycles. The van der Waals surface area contributed by atoms with E-state index < -0.39 is 23.8 Å². The van der Waals surface area contributed by atoms with Gasteiger partial charge in [0.05, 0.1) is 5.56 Å². The summed E-state index contributed by atoms with van der Waals surface area (Å²) < 4.78 is 40.8. The fraction of sp³-hybridized carbons (Fsp3) is 0.308. The average Bonchev–Trinajstić information content (AvgIpc) is 2.60. The van der Waals surface area contributed by atoms with Crippen molar-refractivity contribution >= 4 is 16.9 Å². The molecule has 2 rings (SSSR count). The molecule has 3 N–H and O–H groups in total. The number of fused-ring (bicyclic) bond motifs is 1. The van der Waals surface area contributed by atoms with Gasteiger partial charge < -0.3 is 15.4 Å². The topological polar surface area (TPSA) is 68.2 Å². The second kappa shape index (κ2) is 4.52. The predicted octanol–water partition coefficient (Wildman–Crippen LogP) is 2.59. The summed E-state index contributed by atoms with van der Waals surface area (Å²) in [5, 5.41) is 8.86. The first-order chi connectivity index (χ1) is 9.16. The number of aliphatic carboxylic acids is 1. The molecule has 4 nitrogen and oxygen atoms in total. The molecule has 0 radical (unpaired) electrons. The molecule has 1 unspecified atom stereocenters. The summed E-state index contributed by atoms with van der Waals surface area (Å²) in [7, 11) is 1.58. The van der Waals surface area contributed by atoms with Gasteiger partial charge in [0.1, 0.15) is 6.04 Å². The van der Waals surface area contributed by atoms with Gasteiger partial charge in [0, 0.05) is 29.2 Å². The number of carboxylic acid groups (broad SMARTS) is 1. The first kappa shape index (κ1) is 14.4. The Bertz CT molecular complexity index is 689. The highest BCUT2D eigenvalue weighted by Crippen LogP contribution is 2.39. The number of nitrogens with zero attached hydrogens (tertiary/aromatic N) is 1. The number of hydrogen-bond acceptors (Lipinski definition) is 2. The van der Waals surface area contributed by atoms with Gasteiger partial charge in [-0.1, -0.05) is 6.07 Å². The zero-order valence-corrected chi connectivity index (χ0v) is 10.8. The normalized spacial score (nSPS) is 13.7. The summed E-state index contributed by atoms with van der Waals surface area (Å²) in [6, 6.07) is 2.23. The Hall–Kier alpha value is -2.02. The third kappa shape index (κ3) is 2.03. The quantitative estimate of drug-likeness (QED) is 0.891. The lowest BCUT2D eigenvalue weighted by molar-refractivity contribution is -0.139. The van der Waals surface area contributed by atoms with E-state index in [1.807, 2.05) is 0 Å². The van der Waals surface area contributed by atoms with Crippen LogP contribution in [0.2, 0.25) is 0 Å². The second-order valence-corrected chi connectivity index (χ2v) is 4.57. The minimum absolute atomic E-state index is 0.00271. The molecule has 1 atom stereocenters. The van der Waals surface area contributed by atoms with Gasteiger partial charge in [-0.15, -0.1) is 0 Å². The zero-order chi connectivity index (χ0) is 15.2. The minimum atomic E-state index is -4.57. The molecule has 0 bridgehead atoms. The number of alkyl halides is 3. The van der Waals surface area contributed by atoms with E-state index in [1.54, 1.807) is 14.0 Å². The lowest BCUT2D eigenvalue weighted by atomic mass is 9.99. The lowest BCUT2D eigenvalue weighted by Gasteiger charge is -2.12. The summed E-state index contributed by atoms with van der Waals surface area (Å²) >= 11 is 0. The van der Waals surface area contributed by atoms with Crippen LogP contribution in [0.3, 0.4) is 0 Å². The number of halogens is 3. The smallest absolute Gasteiger partial charge is 0.417 e. The van der Waals surface area contributed by atoms with E-state index in [0.29, 0.717) is 11.2 Å². The number of aromatic nitrogens is 1. The minimum Gasteiger partial charge on any atom is -0.480 e. The van der Waals surface area contributed by atoms with Gasteiger partial charge in [0.15, 0.2) is 0 Å². The van der Waals surface area contributed by atoms with Crippen molar-refractivity contribution in [3.05, 3.63) is 35.0 Å². The highest BCUT2D eigenvalue weighted by atomic mass is 19.4. The third-order valence-corrected chi connectivity index (χ3v) is 3.45. The molecular weight excluding hydrogens is 273 g/mol. The van der Waals surface area contributed by atoms with Crippen LogP contribution < -0.4 is 5.73 Å². The second-order valence-electron chi connectivity index (χ2n) is 4.57. The number of carbonyl (C=O) groups is 1. The molecule has 1 heterocycles. The predicted molar refractivity (Wildman–Crippen MR) is 67.2 cm³/mol. The monoisotopic (exact) mass is 286 g/mol. The van der Waals surface area contributed by atoms with Crippen molar-refractivity contribution in [1.29, 1.82) is 0 Å². The van der Waals surface area contributed by atoms with Crippen molar-refractivity contribution in [2.24, 2.45) is 12.8 Å². The molecule has 20 heavy (non-hydrogen) atoms. The summed E-state index contributed by atoms with van der Waals surface area (Å²) in [6.45, 7) is 1.55. The van der Waals surface area contributed by atoms with Gasteiger partial charge in [-0.25, -0.2) is 0 Å². The Morgan fingerprint density at radius 3 is 2.50 bits per heavy atom. The van der Waals surface area contributed by atoms with Crippen molar-refractivity contribution in [2.75, 3.05) is 0 Å². The fourth-order valence-corrected chi connectivity index (χ4v) is 2.39. The van der Waals surface area contributed by atoms with Crippen LogP contribution in [0.1, 0.15) is 22.9 Å². The summed E-state index contributed by atoms with van der Waals surface area (Å²) in [5.41, 5.74) is 5.40. The Kier molecular flexibility index (Phi) is 3.25. The van der Waals surface area contributed by atoms with E-state index in [9.17, 15) is 18.0 Å². The van der Waals surface area contributed by atoms with Crippen molar-refractivity contribution in [2.45, 2.75) is 19.1 Å². The molecule has 0 aliphatic carbocycles. The Balaban J connectivity index is 2.93. The van der Waals surface area contributed by atoms with E-state index in [4.69, 9.17) is 10.8 Å². The highest BCUT2D eigenvalue weighted by Gasteiger charge is 2.36. The number of rotatable bonds is 2. The molecule has 1 aromatic heterocycles. The molecule has 0 saturated carbocycles. The molecular formula is C13H13F3N2O2. The number of nitrogens with two attached hydrogens (primary N) is 1. The fourth-order valence-electron chi connectivity index (χ4n) is 2.39. The van der Waals surface area contributed by atoms with Gasteiger partial charge >= 0.3 is 12.1 Å². The Morgan fingerprint density at radius 1 is 1.40 bits per heavy atom.